The van der Waals surface area contributed by atoms with Crippen LogP contribution in [0.5, 0.6) is 0 Å². The van der Waals surface area contributed by atoms with Gasteiger partial charge in [-0.25, -0.2) is 9.97 Å². The number of hydrogen-bond donors (Lipinski definition) is 0. The lowest BCUT2D eigenvalue weighted by Crippen LogP contribution is -1.95. The monoisotopic (exact) mass is 435 g/mol. The maximum absolute atomic E-state index is 4.92. The number of fused-ring (bicyclic) bond motifs is 1. The van der Waals surface area contributed by atoms with Gasteiger partial charge in [0.05, 0.1) is 17.1 Å². The largest absolute Gasteiger partial charge is 0.256 e. The van der Waals surface area contributed by atoms with E-state index in [1.54, 1.807) is 0 Å². The molecule has 2 aromatic heterocycles. The Morgan fingerprint density at radius 2 is 0.882 bits per heavy atom. The van der Waals surface area contributed by atoms with Gasteiger partial charge < -0.3 is 0 Å². The predicted octanol–water partition coefficient (Wildman–Crippen LogP) is 7.69. The summed E-state index contributed by atoms with van der Waals surface area (Å²) in [5.74, 6) is 0.720. The topological polar surface area (TPSA) is 38.7 Å². The fourth-order valence-corrected chi connectivity index (χ4v) is 4.12. The van der Waals surface area contributed by atoms with Crippen LogP contribution >= 0.6 is 0 Å². The van der Waals surface area contributed by atoms with Crippen molar-refractivity contribution in [2.45, 2.75) is 0 Å². The molecule has 2 heterocycles. The number of hydrogen-bond acceptors (Lipinski definition) is 3. The first-order valence-corrected chi connectivity index (χ1v) is 11.3. The van der Waals surface area contributed by atoms with E-state index >= 15 is 0 Å². The summed E-state index contributed by atoms with van der Waals surface area (Å²) in [6.45, 7) is 0. The highest BCUT2D eigenvalue weighted by atomic mass is 14.9. The lowest BCUT2D eigenvalue weighted by molar-refractivity contribution is 1.18. The van der Waals surface area contributed by atoms with Crippen LogP contribution in [-0.4, -0.2) is 15.0 Å². The van der Waals surface area contributed by atoms with Crippen LogP contribution in [0.2, 0.25) is 0 Å². The van der Waals surface area contributed by atoms with Crippen molar-refractivity contribution in [1.82, 2.24) is 15.0 Å². The molecule has 0 bridgehead atoms. The average molecular weight is 436 g/mol. The number of nitrogens with zero attached hydrogens (tertiary/aromatic N) is 3. The molecule has 0 aliphatic rings. The van der Waals surface area contributed by atoms with Crippen molar-refractivity contribution in [1.29, 1.82) is 0 Å². The van der Waals surface area contributed by atoms with Gasteiger partial charge in [-0.2, -0.15) is 0 Å². The number of benzene rings is 4. The van der Waals surface area contributed by atoms with Crippen LogP contribution < -0.4 is 0 Å². The smallest absolute Gasteiger partial charge is 0.160 e. The summed E-state index contributed by atoms with van der Waals surface area (Å²) in [6.07, 6.45) is 1.93. The summed E-state index contributed by atoms with van der Waals surface area (Å²) in [5.41, 5.74) is 6.95. The molecule has 0 fully saturated rings. The molecule has 3 nitrogen and oxygen atoms in total. The molecule has 34 heavy (non-hydrogen) atoms. The molecule has 6 aromatic rings. The van der Waals surface area contributed by atoms with Crippen LogP contribution in [0.1, 0.15) is 0 Å². The van der Waals surface area contributed by atoms with Crippen molar-refractivity contribution in [2.75, 3.05) is 0 Å². The molecule has 3 heteroatoms. The highest BCUT2D eigenvalue weighted by Crippen LogP contribution is 2.29. The van der Waals surface area contributed by atoms with Gasteiger partial charge in [-0.3, -0.25) is 4.98 Å². The van der Waals surface area contributed by atoms with Crippen molar-refractivity contribution in [3.63, 3.8) is 0 Å². The normalized spacial score (nSPS) is 10.9. The Morgan fingerprint density at radius 3 is 1.53 bits per heavy atom. The first-order chi connectivity index (χ1) is 16.8. The third-order valence-corrected chi connectivity index (χ3v) is 5.94. The summed E-state index contributed by atoms with van der Waals surface area (Å²) in [7, 11) is 0. The van der Waals surface area contributed by atoms with E-state index < -0.39 is 0 Å². The molecule has 0 saturated carbocycles. The van der Waals surface area contributed by atoms with Gasteiger partial charge in [0.1, 0.15) is 0 Å². The lowest BCUT2D eigenvalue weighted by Gasteiger charge is -2.10. The number of aromatic nitrogens is 3. The summed E-state index contributed by atoms with van der Waals surface area (Å²) in [4.78, 5) is 14.4. The van der Waals surface area contributed by atoms with Crippen LogP contribution in [0.4, 0.5) is 0 Å². The lowest BCUT2D eigenvalue weighted by atomic mass is 10.0. The summed E-state index contributed by atoms with van der Waals surface area (Å²) >= 11 is 0. The van der Waals surface area contributed by atoms with Crippen molar-refractivity contribution < 1.29 is 0 Å². The average Bonchev–Trinajstić information content (AvgIpc) is 2.93. The fraction of sp³-hybridized carbons (Fsp3) is 0. The first kappa shape index (κ1) is 20.0. The molecule has 0 aliphatic heterocycles. The minimum Gasteiger partial charge on any atom is -0.256 e. The van der Waals surface area contributed by atoms with Crippen LogP contribution in [-0.2, 0) is 0 Å². The maximum Gasteiger partial charge on any atom is 0.160 e. The second-order valence-corrected chi connectivity index (χ2v) is 8.19. The first-order valence-electron chi connectivity index (χ1n) is 11.3. The fourth-order valence-electron chi connectivity index (χ4n) is 4.12. The number of pyridine rings is 1. The Labute approximate surface area is 198 Å². The van der Waals surface area contributed by atoms with Crippen LogP contribution in [0.25, 0.3) is 55.9 Å². The Kier molecular flexibility index (Phi) is 5.13. The predicted molar refractivity (Wildman–Crippen MR) is 139 cm³/mol. The van der Waals surface area contributed by atoms with Gasteiger partial charge in [0.25, 0.3) is 0 Å². The Morgan fingerprint density at radius 1 is 0.382 bits per heavy atom. The van der Waals surface area contributed by atoms with Crippen molar-refractivity contribution in [3.05, 3.63) is 128 Å². The van der Waals surface area contributed by atoms with Crippen molar-refractivity contribution >= 4 is 10.8 Å². The minimum absolute atomic E-state index is 0.720. The second-order valence-electron chi connectivity index (χ2n) is 8.19. The quantitative estimate of drug-likeness (QED) is 0.285. The zero-order chi connectivity index (χ0) is 22.7. The summed E-state index contributed by atoms with van der Waals surface area (Å²) in [5, 5.41) is 2.33. The van der Waals surface area contributed by atoms with Crippen LogP contribution in [0.3, 0.4) is 0 Å². The van der Waals surface area contributed by atoms with E-state index in [0.29, 0.717) is 0 Å². The van der Waals surface area contributed by atoms with E-state index in [-0.39, 0.29) is 0 Å². The third kappa shape index (κ3) is 3.96. The number of rotatable bonds is 4. The zero-order valence-corrected chi connectivity index (χ0v) is 18.5. The molecule has 6 rings (SSSR count). The van der Waals surface area contributed by atoms with E-state index in [4.69, 9.17) is 9.97 Å². The molecule has 4 aromatic carbocycles. The Balaban J connectivity index is 1.42. The summed E-state index contributed by atoms with van der Waals surface area (Å²) in [6, 6.07) is 41.3. The van der Waals surface area contributed by atoms with E-state index in [2.05, 4.69) is 71.7 Å². The highest BCUT2D eigenvalue weighted by molar-refractivity contribution is 5.85. The molecule has 0 radical (unpaired) electrons. The third-order valence-electron chi connectivity index (χ3n) is 5.94. The Bertz CT molecular complexity index is 1520. The van der Waals surface area contributed by atoms with Crippen LogP contribution in [0, 0.1) is 0 Å². The Hall–Kier alpha value is -4.63. The summed E-state index contributed by atoms with van der Waals surface area (Å²) < 4.78 is 0. The minimum atomic E-state index is 0.720. The molecular formula is C31H21N3. The van der Waals surface area contributed by atoms with E-state index in [9.17, 15) is 0 Å². The molecule has 160 valence electrons. The van der Waals surface area contributed by atoms with Gasteiger partial charge in [0.2, 0.25) is 0 Å². The van der Waals surface area contributed by atoms with E-state index in [1.165, 1.54) is 5.39 Å². The van der Waals surface area contributed by atoms with Crippen LogP contribution in [0.15, 0.2) is 128 Å². The maximum atomic E-state index is 4.92. The SMILES string of the molecule is c1ccc(-c2cc(-c3ccc(-c4cc5ccccc5cn4)cc3)nc(-c3ccccc3)n2)cc1. The van der Waals surface area contributed by atoms with Gasteiger partial charge in [-0.05, 0) is 17.5 Å². The molecule has 0 saturated heterocycles. The molecule has 0 amide bonds. The van der Waals surface area contributed by atoms with E-state index in [0.717, 1.165) is 50.5 Å². The van der Waals surface area contributed by atoms with Gasteiger partial charge >= 0.3 is 0 Å². The van der Waals surface area contributed by atoms with Crippen molar-refractivity contribution in [3.8, 4) is 45.2 Å². The second kappa shape index (κ2) is 8.72. The van der Waals surface area contributed by atoms with E-state index in [1.807, 2.05) is 60.8 Å². The molecule has 0 spiro atoms. The molecule has 0 atom stereocenters. The molecule has 0 aliphatic carbocycles. The van der Waals surface area contributed by atoms with Gasteiger partial charge in [0, 0.05) is 33.8 Å². The molecular weight excluding hydrogens is 414 g/mol. The van der Waals surface area contributed by atoms with Crippen molar-refractivity contribution in [2.24, 2.45) is 0 Å². The van der Waals surface area contributed by atoms with Gasteiger partial charge in [-0.1, -0.05) is 109 Å². The van der Waals surface area contributed by atoms with Gasteiger partial charge in [-0.15, -0.1) is 0 Å². The zero-order valence-electron chi connectivity index (χ0n) is 18.5. The molecule has 0 N–H and O–H groups in total. The van der Waals surface area contributed by atoms with Gasteiger partial charge in [0.15, 0.2) is 5.82 Å². The highest BCUT2D eigenvalue weighted by Gasteiger charge is 2.11. The standard InChI is InChI=1S/C31H21N3/c1-3-9-22(10-4-1)29-20-30(34-31(33-29)25-11-5-2-6-12-25)24-17-15-23(16-18-24)28-19-26-13-7-8-14-27(26)21-32-28/h1-21H. The molecule has 0 unspecified atom stereocenters.